The van der Waals surface area contributed by atoms with E-state index in [-0.39, 0.29) is 12.1 Å². The van der Waals surface area contributed by atoms with Gasteiger partial charge in [-0.05, 0) is 60.0 Å². The van der Waals surface area contributed by atoms with Crippen molar-refractivity contribution in [2.24, 2.45) is 0 Å². The van der Waals surface area contributed by atoms with Crippen LogP contribution < -0.4 is 11.2 Å². The summed E-state index contributed by atoms with van der Waals surface area (Å²) in [4.78, 5) is 27.5. The molecule has 0 unspecified atom stereocenters. The van der Waals surface area contributed by atoms with E-state index in [1.165, 1.54) is 13.9 Å². The first kappa shape index (κ1) is 23.6. The lowest BCUT2D eigenvalue weighted by atomic mass is 9.96. The van der Waals surface area contributed by atoms with Gasteiger partial charge in [-0.3, -0.25) is 4.79 Å². The van der Waals surface area contributed by atoms with Crippen molar-refractivity contribution in [3.05, 3.63) is 115 Å². The molecule has 0 saturated carbocycles. The van der Waals surface area contributed by atoms with Gasteiger partial charge >= 0.3 is 5.69 Å². The second kappa shape index (κ2) is 9.50. The highest BCUT2D eigenvalue weighted by molar-refractivity contribution is 6.31. The van der Waals surface area contributed by atoms with E-state index in [1.54, 1.807) is 72.8 Å². The molecular formula is C27H19Cl2N5O2. The van der Waals surface area contributed by atoms with Crippen LogP contribution in [-0.2, 0) is 13.1 Å². The number of benzene rings is 3. The van der Waals surface area contributed by atoms with Crippen LogP contribution >= 0.6 is 23.2 Å². The van der Waals surface area contributed by atoms with Crippen molar-refractivity contribution in [2.45, 2.75) is 20.0 Å². The summed E-state index contributed by atoms with van der Waals surface area (Å²) >= 11 is 12.3. The fourth-order valence-electron chi connectivity index (χ4n) is 4.19. The molecule has 0 amide bonds. The first-order valence-corrected chi connectivity index (χ1v) is 11.9. The van der Waals surface area contributed by atoms with Crippen molar-refractivity contribution in [2.75, 3.05) is 0 Å². The van der Waals surface area contributed by atoms with Crippen LogP contribution in [0, 0.1) is 11.3 Å². The average Bonchev–Trinajstić information content (AvgIpc) is 3.23. The molecule has 0 radical (unpaired) electrons. The summed E-state index contributed by atoms with van der Waals surface area (Å²) in [6.07, 6.45) is 0. The minimum absolute atomic E-state index is 0.109. The third-order valence-electron chi connectivity index (χ3n) is 5.96. The zero-order valence-corrected chi connectivity index (χ0v) is 20.7. The van der Waals surface area contributed by atoms with E-state index in [0.717, 1.165) is 5.56 Å². The predicted octanol–water partition coefficient (Wildman–Crippen LogP) is 5.24. The van der Waals surface area contributed by atoms with E-state index in [2.05, 4.69) is 11.2 Å². The quantitative estimate of drug-likeness (QED) is 0.320. The molecule has 5 aromatic rings. The van der Waals surface area contributed by atoms with Crippen molar-refractivity contribution < 1.29 is 0 Å². The van der Waals surface area contributed by atoms with E-state index < -0.39 is 5.69 Å². The molecule has 36 heavy (non-hydrogen) atoms. The molecule has 0 spiro atoms. The molecule has 0 aliphatic carbocycles. The van der Waals surface area contributed by atoms with Crippen LogP contribution in [0.1, 0.15) is 18.1 Å². The Hall–Kier alpha value is -4.12. The lowest BCUT2D eigenvalue weighted by molar-refractivity contribution is 0.559. The number of hydrogen-bond acceptors (Lipinski definition) is 4. The summed E-state index contributed by atoms with van der Waals surface area (Å²) in [6.45, 7) is 2.26. The fraction of sp³-hybridized carbons (Fsp3) is 0.111. The summed E-state index contributed by atoms with van der Waals surface area (Å²) in [5.74, 6) is 0. The Balaban J connectivity index is 1.89. The third-order valence-corrected chi connectivity index (χ3v) is 6.47. The average molecular weight is 516 g/mol. The van der Waals surface area contributed by atoms with Gasteiger partial charge in [-0.25, -0.2) is 14.2 Å². The van der Waals surface area contributed by atoms with E-state index in [4.69, 9.17) is 28.5 Å². The van der Waals surface area contributed by atoms with Crippen molar-refractivity contribution >= 4 is 28.8 Å². The van der Waals surface area contributed by atoms with Crippen molar-refractivity contribution in [3.63, 3.8) is 0 Å². The number of nitriles is 1. The maximum atomic E-state index is 14.2. The normalized spacial score (nSPS) is 11.1. The van der Waals surface area contributed by atoms with Crippen molar-refractivity contribution in [1.29, 1.82) is 5.26 Å². The maximum absolute atomic E-state index is 14.2. The molecule has 0 fully saturated rings. The second-order valence-electron chi connectivity index (χ2n) is 8.17. The topological polar surface area (TPSA) is 85.1 Å². The SMILES string of the molecule is CCn1nc2c(-c3ccc(Cl)cc3)c(-c3ccc(Cl)cc3)c(=O)n(Cc3ccc(C#N)cc3)n2c1=O. The van der Waals surface area contributed by atoms with E-state index in [0.29, 0.717) is 50.1 Å². The predicted molar refractivity (Wildman–Crippen MR) is 141 cm³/mol. The molecule has 2 heterocycles. The van der Waals surface area contributed by atoms with Gasteiger partial charge in [-0.15, -0.1) is 5.10 Å². The summed E-state index contributed by atoms with van der Waals surface area (Å²) in [7, 11) is 0. The second-order valence-corrected chi connectivity index (χ2v) is 9.04. The van der Waals surface area contributed by atoms with Gasteiger partial charge in [-0.2, -0.15) is 9.78 Å². The van der Waals surface area contributed by atoms with Crippen LogP contribution in [0.2, 0.25) is 10.0 Å². The van der Waals surface area contributed by atoms with Crippen LogP contribution in [0.15, 0.2) is 82.4 Å². The molecule has 0 N–H and O–H groups in total. The Kier molecular flexibility index (Phi) is 6.23. The minimum Gasteiger partial charge on any atom is -0.267 e. The highest BCUT2D eigenvalue weighted by Gasteiger charge is 2.24. The zero-order valence-electron chi connectivity index (χ0n) is 19.2. The van der Waals surface area contributed by atoms with Crippen LogP contribution in [-0.4, -0.2) is 19.0 Å². The largest absolute Gasteiger partial charge is 0.365 e. The summed E-state index contributed by atoms with van der Waals surface area (Å²) in [6, 6.07) is 23.0. The van der Waals surface area contributed by atoms with Gasteiger partial charge in [-0.1, -0.05) is 59.6 Å². The Bertz CT molecular complexity index is 1740. The lowest BCUT2D eigenvalue weighted by Gasteiger charge is -2.16. The number of aromatic nitrogens is 4. The molecule has 0 aliphatic heterocycles. The molecule has 3 aromatic carbocycles. The molecular weight excluding hydrogens is 497 g/mol. The van der Waals surface area contributed by atoms with Gasteiger partial charge in [0.15, 0.2) is 5.65 Å². The molecule has 2 aromatic heterocycles. The molecule has 0 bridgehead atoms. The van der Waals surface area contributed by atoms with Gasteiger partial charge in [0, 0.05) is 22.2 Å². The standard InChI is InChI=1S/C27H19Cl2N5O2/c1-2-32-27(36)34-25(31-32)23(19-7-11-21(28)12-8-19)24(20-9-13-22(29)14-10-20)26(35)33(34)16-18-5-3-17(15-30)4-6-18/h3-14H,2,16H2,1H3. The van der Waals surface area contributed by atoms with E-state index in [1.807, 2.05) is 6.92 Å². The number of fused-ring (bicyclic) bond motifs is 1. The lowest BCUT2D eigenvalue weighted by Crippen LogP contribution is -2.35. The Labute approximate surface area is 216 Å². The van der Waals surface area contributed by atoms with Crippen LogP contribution in [0.5, 0.6) is 0 Å². The Morgan fingerprint density at radius 1 is 0.833 bits per heavy atom. The number of hydrogen-bond donors (Lipinski definition) is 0. The van der Waals surface area contributed by atoms with Gasteiger partial charge in [0.2, 0.25) is 0 Å². The van der Waals surface area contributed by atoms with E-state index >= 15 is 0 Å². The number of nitrogens with zero attached hydrogens (tertiary/aromatic N) is 5. The highest BCUT2D eigenvalue weighted by Crippen LogP contribution is 2.33. The maximum Gasteiger partial charge on any atom is 0.365 e. The van der Waals surface area contributed by atoms with Crippen LogP contribution in [0.4, 0.5) is 0 Å². The van der Waals surface area contributed by atoms with Gasteiger partial charge in [0.25, 0.3) is 5.56 Å². The Morgan fingerprint density at radius 2 is 1.39 bits per heavy atom. The van der Waals surface area contributed by atoms with Crippen molar-refractivity contribution in [3.8, 4) is 28.3 Å². The molecule has 178 valence electrons. The third kappa shape index (κ3) is 4.11. The summed E-state index contributed by atoms with van der Waals surface area (Å²) in [5.41, 5.74) is 3.09. The summed E-state index contributed by atoms with van der Waals surface area (Å²) < 4.78 is 4.05. The Morgan fingerprint density at radius 3 is 1.92 bits per heavy atom. The molecule has 0 atom stereocenters. The van der Waals surface area contributed by atoms with Crippen molar-refractivity contribution in [1.82, 2.24) is 19.0 Å². The molecule has 7 nitrogen and oxygen atoms in total. The first-order chi connectivity index (χ1) is 17.4. The van der Waals surface area contributed by atoms with E-state index in [9.17, 15) is 9.59 Å². The minimum atomic E-state index is -0.420. The van der Waals surface area contributed by atoms with Crippen LogP contribution in [0.25, 0.3) is 27.9 Å². The van der Waals surface area contributed by atoms with Gasteiger partial charge in [0.05, 0.1) is 23.7 Å². The molecule has 0 aliphatic rings. The first-order valence-electron chi connectivity index (χ1n) is 11.2. The monoisotopic (exact) mass is 515 g/mol. The molecule has 0 saturated heterocycles. The zero-order chi connectivity index (χ0) is 25.4. The summed E-state index contributed by atoms with van der Waals surface area (Å²) in [5, 5.41) is 14.8. The highest BCUT2D eigenvalue weighted by atomic mass is 35.5. The van der Waals surface area contributed by atoms with Crippen LogP contribution in [0.3, 0.4) is 0 Å². The smallest absolute Gasteiger partial charge is 0.267 e. The number of rotatable bonds is 5. The number of halogens is 2. The molecule has 5 rings (SSSR count). The van der Waals surface area contributed by atoms with Gasteiger partial charge in [0.1, 0.15) is 0 Å². The van der Waals surface area contributed by atoms with Gasteiger partial charge < -0.3 is 0 Å². The molecule has 9 heteroatoms. The fourth-order valence-corrected chi connectivity index (χ4v) is 4.44. The number of aryl methyl sites for hydroxylation is 1.